The van der Waals surface area contributed by atoms with Gasteiger partial charge in [0.05, 0.1) is 12.0 Å². The van der Waals surface area contributed by atoms with E-state index in [0.29, 0.717) is 25.6 Å². The second kappa shape index (κ2) is 7.57. The Balaban J connectivity index is 1.75. The Morgan fingerprint density at radius 2 is 2.14 bits per heavy atom. The maximum Gasteiger partial charge on any atom is 0.310 e. The molecule has 4 heteroatoms. The van der Waals surface area contributed by atoms with Crippen molar-refractivity contribution in [2.24, 2.45) is 11.8 Å². The number of β-amino-alcohol motifs (C(OH)–C–C–N with tert-alkyl or cyclic N) is 1. The molecular formula is C17H25NO3. The van der Waals surface area contributed by atoms with Crippen LogP contribution in [0.15, 0.2) is 30.3 Å². The molecule has 116 valence electrons. The fourth-order valence-corrected chi connectivity index (χ4v) is 2.61. The summed E-state index contributed by atoms with van der Waals surface area (Å²) in [6.45, 7) is 6.52. The molecule has 0 spiro atoms. The summed E-state index contributed by atoms with van der Waals surface area (Å²) in [4.78, 5) is 14.2. The van der Waals surface area contributed by atoms with Gasteiger partial charge in [0.1, 0.15) is 6.61 Å². The number of ether oxygens (including phenoxy) is 1. The van der Waals surface area contributed by atoms with Gasteiger partial charge in [0.15, 0.2) is 0 Å². The summed E-state index contributed by atoms with van der Waals surface area (Å²) in [6.07, 6.45) is 0.693. The number of nitrogens with zero attached hydrogens (tertiary/aromatic N) is 1. The van der Waals surface area contributed by atoms with Gasteiger partial charge in [-0.15, -0.1) is 0 Å². The smallest absolute Gasteiger partial charge is 0.310 e. The minimum atomic E-state index is -0.286. The van der Waals surface area contributed by atoms with Crippen molar-refractivity contribution in [2.45, 2.75) is 33.0 Å². The van der Waals surface area contributed by atoms with E-state index < -0.39 is 0 Å². The third kappa shape index (κ3) is 4.83. The van der Waals surface area contributed by atoms with E-state index in [2.05, 4.69) is 11.8 Å². The van der Waals surface area contributed by atoms with Gasteiger partial charge in [0.2, 0.25) is 0 Å². The zero-order valence-corrected chi connectivity index (χ0v) is 12.9. The minimum absolute atomic E-state index is 0.172. The van der Waals surface area contributed by atoms with Crippen LogP contribution in [-0.4, -0.2) is 41.7 Å². The van der Waals surface area contributed by atoms with Crippen LogP contribution < -0.4 is 0 Å². The van der Waals surface area contributed by atoms with Crippen molar-refractivity contribution < 1.29 is 14.6 Å². The molecule has 0 amide bonds. The average molecular weight is 291 g/mol. The first-order chi connectivity index (χ1) is 10.1. The molecule has 1 aromatic carbocycles. The number of likely N-dealkylation sites (tertiary alicyclic amines) is 1. The van der Waals surface area contributed by atoms with Gasteiger partial charge in [-0.3, -0.25) is 9.69 Å². The Kier molecular flexibility index (Phi) is 5.76. The molecule has 0 bridgehead atoms. The molecule has 3 atom stereocenters. The van der Waals surface area contributed by atoms with Gasteiger partial charge in [-0.25, -0.2) is 0 Å². The highest BCUT2D eigenvalue weighted by Gasteiger charge is 2.27. The lowest BCUT2D eigenvalue weighted by Gasteiger charge is -2.35. The lowest BCUT2D eigenvalue weighted by molar-refractivity contribution is -0.150. The minimum Gasteiger partial charge on any atom is -0.461 e. The molecular weight excluding hydrogens is 266 g/mol. The van der Waals surface area contributed by atoms with Crippen molar-refractivity contribution in [1.29, 1.82) is 0 Å². The highest BCUT2D eigenvalue weighted by molar-refractivity contribution is 5.72. The molecule has 0 radical (unpaired) electrons. The van der Waals surface area contributed by atoms with Crippen molar-refractivity contribution in [2.75, 3.05) is 19.6 Å². The predicted octanol–water partition coefficient (Wildman–Crippen LogP) is 2.07. The van der Waals surface area contributed by atoms with Gasteiger partial charge < -0.3 is 9.84 Å². The van der Waals surface area contributed by atoms with Crippen molar-refractivity contribution in [3.63, 3.8) is 0 Å². The standard InChI is InChI=1S/C17H25NO3/c1-13-8-9-18(11-16(13)19)10-14(2)17(20)21-12-15-6-4-3-5-7-15/h3-7,13-14,16,19H,8-12H2,1-2H3. The van der Waals surface area contributed by atoms with E-state index in [9.17, 15) is 9.90 Å². The summed E-state index contributed by atoms with van der Waals surface area (Å²) in [5, 5.41) is 9.89. The lowest BCUT2D eigenvalue weighted by atomic mass is 9.95. The van der Waals surface area contributed by atoms with Crippen LogP contribution in [0.2, 0.25) is 0 Å². The third-order valence-corrected chi connectivity index (χ3v) is 4.16. The molecule has 4 nitrogen and oxygen atoms in total. The number of carbonyl (C=O) groups is 1. The quantitative estimate of drug-likeness (QED) is 0.844. The number of benzene rings is 1. The molecule has 0 saturated carbocycles. The molecule has 1 aliphatic heterocycles. The first kappa shape index (κ1) is 16.0. The molecule has 0 aromatic heterocycles. The maximum absolute atomic E-state index is 12.0. The summed E-state index contributed by atoms with van der Waals surface area (Å²) >= 11 is 0. The Labute approximate surface area is 126 Å². The second-order valence-electron chi connectivity index (χ2n) is 6.09. The SMILES string of the molecule is CC(CN1CCC(C)C(O)C1)C(=O)OCc1ccccc1. The fraction of sp³-hybridized carbons (Fsp3) is 0.588. The number of hydrogen-bond donors (Lipinski definition) is 1. The molecule has 1 N–H and O–H groups in total. The molecule has 3 unspecified atom stereocenters. The van der Waals surface area contributed by atoms with Crippen LogP contribution in [0.5, 0.6) is 0 Å². The number of aliphatic hydroxyl groups excluding tert-OH is 1. The van der Waals surface area contributed by atoms with E-state index >= 15 is 0 Å². The largest absolute Gasteiger partial charge is 0.461 e. The molecule has 2 rings (SSSR count). The van der Waals surface area contributed by atoms with E-state index in [1.54, 1.807) is 0 Å². The van der Waals surface area contributed by atoms with Gasteiger partial charge in [-0.05, 0) is 24.4 Å². The first-order valence-corrected chi connectivity index (χ1v) is 7.67. The van der Waals surface area contributed by atoms with E-state index in [0.717, 1.165) is 18.5 Å². The summed E-state index contributed by atoms with van der Waals surface area (Å²) in [5.74, 6) is 0.00266. The van der Waals surface area contributed by atoms with Crippen molar-refractivity contribution in [3.8, 4) is 0 Å². The predicted molar refractivity (Wildman–Crippen MR) is 81.6 cm³/mol. The number of rotatable bonds is 5. The van der Waals surface area contributed by atoms with Crippen LogP contribution >= 0.6 is 0 Å². The van der Waals surface area contributed by atoms with Crippen LogP contribution in [0.25, 0.3) is 0 Å². The number of esters is 1. The Morgan fingerprint density at radius 3 is 2.81 bits per heavy atom. The molecule has 1 aromatic rings. The Hall–Kier alpha value is -1.39. The van der Waals surface area contributed by atoms with Gasteiger partial charge in [0.25, 0.3) is 0 Å². The number of hydrogen-bond acceptors (Lipinski definition) is 4. The normalized spacial score (nSPS) is 24.5. The van der Waals surface area contributed by atoms with Gasteiger partial charge in [-0.2, -0.15) is 0 Å². The van der Waals surface area contributed by atoms with E-state index in [4.69, 9.17) is 4.74 Å². The summed E-state index contributed by atoms with van der Waals surface area (Å²) < 4.78 is 5.35. The van der Waals surface area contributed by atoms with Crippen LogP contribution in [-0.2, 0) is 16.1 Å². The first-order valence-electron chi connectivity index (χ1n) is 7.67. The number of carbonyl (C=O) groups excluding carboxylic acids is 1. The topological polar surface area (TPSA) is 49.8 Å². The highest BCUT2D eigenvalue weighted by atomic mass is 16.5. The molecule has 21 heavy (non-hydrogen) atoms. The van der Waals surface area contributed by atoms with Crippen LogP contribution in [0.3, 0.4) is 0 Å². The van der Waals surface area contributed by atoms with E-state index in [1.807, 2.05) is 37.3 Å². The molecule has 1 fully saturated rings. The van der Waals surface area contributed by atoms with Crippen molar-refractivity contribution >= 4 is 5.97 Å². The zero-order valence-electron chi connectivity index (χ0n) is 12.9. The monoisotopic (exact) mass is 291 g/mol. The zero-order chi connectivity index (χ0) is 15.2. The van der Waals surface area contributed by atoms with Crippen LogP contribution in [0.4, 0.5) is 0 Å². The molecule has 1 saturated heterocycles. The average Bonchev–Trinajstić information content (AvgIpc) is 2.49. The fourth-order valence-electron chi connectivity index (χ4n) is 2.61. The van der Waals surface area contributed by atoms with Gasteiger partial charge in [-0.1, -0.05) is 44.2 Å². The van der Waals surface area contributed by atoms with E-state index in [-0.39, 0.29) is 18.0 Å². The van der Waals surface area contributed by atoms with Gasteiger partial charge in [0, 0.05) is 13.1 Å². The summed E-state index contributed by atoms with van der Waals surface area (Å²) in [7, 11) is 0. The third-order valence-electron chi connectivity index (χ3n) is 4.16. The maximum atomic E-state index is 12.0. The van der Waals surface area contributed by atoms with Crippen LogP contribution in [0, 0.1) is 11.8 Å². The van der Waals surface area contributed by atoms with Crippen molar-refractivity contribution in [1.82, 2.24) is 4.90 Å². The number of aliphatic hydroxyl groups is 1. The van der Waals surface area contributed by atoms with E-state index in [1.165, 1.54) is 0 Å². The molecule has 1 aliphatic rings. The van der Waals surface area contributed by atoms with Gasteiger partial charge >= 0.3 is 5.97 Å². The molecule has 1 heterocycles. The Bertz CT molecular complexity index is 449. The summed E-state index contributed by atoms with van der Waals surface area (Å²) in [6, 6.07) is 9.70. The molecule has 0 aliphatic carbocycles. The van der Waals surface area contributed by atoms with Crippen LogP contribution in [0.1, 0.15) is 25.8 Å². The second-order valence-corrected chi connectivity index (χ2v) is 6.09. The van der Waals surface area contributed by atoms with Crippen molar-refractivity contribution in [3.05, 3.63) is 35.9 Å². The number of piperidine rings is 1. The highest BCUT2D eigenvalue weighted by Crippen LogP contribution is 2.18. The Morgan fingerprint density at radius 1 is 1.43 bits per heavy atom. The summed E-state index contributed by atoms with van der Waals surface area (Å²) in [5.41, 5.74) is 1.00. The lowest BCUT2D eigenvalue weighted by Crippen LogP contribution is -2.45.